The Balaban J connectivity index is 1.91. The van der Waals surface area contributed by atoms with Crippen molar-refractivity contribution in [3.05, 3.63) is 21.9 Å². The molecule has 15 heavy (non-hydrogen) atoms. The molecule has 0 saturated carbocycles. The van der Waals surface area contributed by atoms with Crippen LogP contribution < -0.4 is 0 Å². The lowest BCUT2D eigenvalue weighted by molar-refractivity contribution is 0.0962. The smallest absolute Gasteiger partial charge is 0.173 e. The summed E-state index contributed by atoms with van der Waals surface area (Å²) in [4.78, 5) is 14.1. The fraction of sp³-hybridized carbons (Fsp3) is 0.583. The number of ketones is 1. The van der Waals surface area contributed by atoms with Gasteiger partial charge in [-0.3, -0.25) is 4.79 Å². The van der Waals surface area contributed by atoms with Crippen molar-refractivity contribution in [3.8, 4) is 0 Å². The molecule has 0 atom stereocenters. The molecule has 2 rings (SSSR count). The van der Waals surface area contributed by atoms with E-state index in [4.69, 9.17) is 0 Å². The molecule has 1 aromatic rings. The van der Waals surface area contributed by atoms with Crippen LogP contribution in [0, 0.1) is 12.8 Å². The molecule has 1 aliphatic rings. The summed E-state index contributed by atoms with van der Waals surface area (Å²) in [7, 11) is 0. The van der Waals surface area contributed by atoms with Crippen LogP contribution in [0.25, 0.3) is 0 Å². The fourth-order valence-electron chi connectivity index (χ4n) is 1.90. The van der Waals surface area contributed by atoms with Crippen LogP contribution in [0.3, 0.4) is 0 Å². The van der Waals surface area contributed by atoms with Gasteiger partial charge in [0.15, 0.2) is 5.78 Å². The lowest BCUT2D eigenvalue weighted by Gasteiger charge is -2.19. The molecule has 0 bridgehead atoms. The minimum atomic E-state index is 0.352. The maximum absolute atomic E-state index is 11.9. The number of carbonyl (C=O) groups excluding carboxylic acids is 1. The first-order valence-electron chi connectivity index (χ1n) is 5.43. The number of aryl methyl sites for hydroxylation is 1. The molecule has 0 aliphatic carbocycles. The van der Waals surface area contributed by atoms with Crippen molar-refractivity contribution >= 4 is 28.9 Å². The number of Topliss-reactive ketones (excluding diaryl/α,β-unsaturated/α-hetero) is 1. The van der Waals surface area contributed by atoms with Gasteiger partial charge in [0.25, 0.3) is 0 Å². The van der Waals surface area contributed by atoms with Crippen LogP contribution in [0.5, 0.6) is 0 Å². The molecule has 0 spiro atoms. The van der Waals surface area contributed by atoms with E-state index in [-0.39, 0.29) is 0 Å². The predicted molar refractivity (Wildman–Crippen MR) is 68.1 cm³/mol. The van der Waals surface area contributed by atoms with Gasteiger partial charge in [0.05, 0.1) is 4.88 Å². The lowest BCUT2D eigenvalue weighted by atomic mass is 9.96. The first kappa shape index (κ1) is 11.2. The highest BCUT2D eigenvalue weighted by atomic mass is 32.2. The molecule has 1 nitrogen and oxygen atoms in total. The number of rotatable bonds is 3. The molecule has 3 heteroatoms. The molecule has 1 fully saturated rings. The number of thiophene rings is 1. The quantitative estimate of drug-likeness (QED) is 0.748. The van der Waals surface area contributed by atoms with E-state index >= 15 is 0 Å². The third-order valence-corrected chi connectivity index (χ3v) is 4.92. The van der Waals surface area contributed by atoms with Gasteiger partial charge >= 0.3 is 0 Å². The third kappa shape index (κ3) is 3.08. The highest BCUT2D eigenvalue weighted by Crippen LogP contribution is 2.27. The van der Waals surface area contributed by atoms with Gasteiger partial charge in [0.1, 0.15) is 0 Å². The van der Waals surface area contributed by atoms with E-state index < -0.39 is 0 Å². The second-order valence-electron chi connectivity index (χ2n) is 4.09. The summed E-state index contributed by atoms with van der Waals surface area (Å²) in [5, 5.41) is 0. The summed E-state index contributed by atoms with van der Waals surface area (Å²) in [6, 6.07) is 4.01. The van der Waals surface area contributed by atoms with Crippen molar-refractivity contribution in [2.24, 2.45) is 5.92 Å². The van der Waals surface area contributed by atoms with Gasteiger partial charge in [-0.05, 0) is 49.3 Å². The molecule has 1 saturated heterocycles. The van der Waals surface area contributed by atoms with Crippen LogP contribution in [0.15, 0.2) is 12.1 Å². The fourth-order valence-corrected chi connectivity index (χ4v) is 3.92. The SMILES string of the molecule is Cc1ccc(C(=O)CC2CCSCC2)s1. The Morgan fingerprint density at radius 1 is 1.40 bits per heavy atom. The van der Waals surface area contributed by atoms with Crippen molar-refractivity contribution < 1.29 is 4.79 Å². The highest BCUT2D eigenvalue weighted by Gasteiger charge is 2.18. The van der Waals surface area contributed by atoms with E-state index in [2.05, 4.69) is 6.92 Å². The van der Waals surface area contributed by atoms with E-state index in [0.717, 1.165) is 11.3 Å². The van der Waals surface area contributed by atoms with Gasteiger partial charge in [-0.2, -0.15) is 11.8 Å². The third-order valence-electron chi connectivity index (χ3n) is 2.83. The Bertz CT molecular complexity index is 337. The Morgan fingerprint density at radius 2 is 2.13 bits per heavy atom. The molecule has 82 valence electrons. The number of thioether (sulfide) groups is 1. The van der Waals surface area contributed by atoms with Crippen LogP contribution in [0.1, 0.15) is 33.8 Å². The van der Waals surface area contributed by atoms with Crippen molar-refractivity contribution in [3.63, 3.8) is 0 Å². The molecular weight excluding hydrogens is 224 g/mol. The van der Waals surface area contributed by atoms with Gasteiger partial charge in [0, 0.05) is 11.3 Å². The zero-order valence-electron chi connectivity index (χ0n) is 8.99. The standard InChI is InChI=1S/C12H16OS2/c1-9-2-3-12(15-9)11(13)8-10-4-6-14-7-5-10/h2-3,10H,4-8H2,1H3. The topological polar surface area (TPSA) is 17.1 Å². The average molecular weight is 240 g/mol. The van der Waals surface area contributed by atoms with Crippen molar-refractivity contribution in [1.82, 2.24) is 0 Å². The summed E-state index contributed by atoms with van der Waals surface area (Å²) >= 11 is 3.65. The zero-order valence-corrected chi connectivity index (χ0v) is 10.6. The van der Waals surface area contributed by atoms with Crippen LogP contribution in [-0.2, 0) is 0 Å². The largest absolute Gasteiger partial charge is 0.293 e. The summed E-state index contributed by atoms with van der Waals surface area (Å²) in [5.41, 5.74) is 0. The first-order valence-corrected chi connectivity index (χ1v) is 7.40. The second kappa shape index (κ2) is 5.17. The second-order valence-corrected chi connectivity index (χ2v) is 6.61. The molecule has 0 aromatic carbocycles. The normalized spacial score (nSPS) is 17.9. The summed E-state index contributed by atoms with van der Waals surface area (Å²) < 4.78 is 0. The molecule has 1 aliphatic heterocycles. The van der Waals surface area contributed by atoms with Gasteiger partial charge < -0.3 is 0 Å². The molecule has 0 N–H and O–H groups in total. The zero-order chi connectivity index (χ0) is 10.7. The van der Waals surface area contributed by atoms with Crippen LogP contribution in [-0.4, -0.2) is 17.3 Å². The van der Waals surface area contributed by atoms with Gasteiger partial charge in [-0.15, -0.1) is 11.3 Å². The maximum atomic E-state index is 11.9. The number of carbonyl (C=O) groups is 1. The molecule has 0 unspecified atom stereocenters. The number of hydrogen-bond acceptors (Lipinski definition) is 3. The van der Waals surface area contributed by atoms with E-state index in [9.17, 15) is 4.79 Å². The van der Waals surface area contributed by atoms with Crippen LogP contribution in [0.4, 0.5) is 0 Å². The lowest BCUT2D eigenvalue weighted by Crippen LogP contribution is -2.13. The van der Waals surface area contributed by atoms with Crippen LogP contribution in [0.2, 0.25) is 0 Å². The average Bonchev–Trinajstić information content (AvgIpc) is 2.66. The van der Waals surface area contributed by atoms with E-state index in [1.54, 1.807) is 11.3 Å². The van der Waals surface area contributed by atoms with Gasteiger partial charge in [-0.1, -0.05) is 0 Å². The first-order chi connectivity index (χ1) is 7.25. The van der Waals surface area contributed by atoms with E-state index in [1.165, 1.54) is 29.2 Å². The minimum absolute atomic E-state index is 0.352. The minimum Gasteiger partial charge on any atom is -0.293 e. The van der Waals surface area contributed by atoms with Crippen molar-refractivity contribution in [2.45, 2.75) is 26.2 Å². The molecule has 1 aromatic heterocycles. The summed E-state index contributed by atoms with van der Waals surface area (Å²) in [6.07, 6.45) is 3.21. The predicted octanol–water partition coefficient (Wildman–Crippen LogP) is 3.77. The monoisotopic (exact) mass is 240 g/mol. The molecule has 0 amide bonds. The maximum Gasteiger partial charge on any atom is 0.173 e. The van der Waals surface area contributed by atoms with E-state index in [0.29, 0.717) is 11.7 Å². The Hall–Kier alpha value is -0.280. The molecule has 0 radical (unpaired) electrons. The number of hydrogen-bond donors (Lipinski definition) is 0. The van der Waals surface area contributed by atoms with Gasteiger partial charge in [-0.25, -0.2) is 0 Å². The van der Waals surface area contributed by atoms with E-state index in [1.807, 2.05) is 23.9 Å². The summed E-state index contributed by atoms with van der Waals surface area (Å²) in [6.45, 7) is 2.05. The Labute approximate surface area is 99.3 Å². The van der Waals surface area contributed by atoms with Crippen LogP contribution >= 0.6 is 23.1 Å². The van der Waals surface area contributed by atoms with Crippen molar-refractivity contribution in [1.29, 1.82) is 0 Å². The van der Waals surface area contributed by atoms with Crippen molar-refractivity contribution in [2.75, 3.05) is 11.5 Å². The van der Waals surface area contributed by atoms with Gasteiger partial charge in [0.2, 0.25) is 0 Å². The molecular formula is C12H16OS2. The Kier molecular flexibility index (Phi) is 3.87. The Morgan fingerprint density at radius 3 is 2.73 bits per heavy atom. The summed E-state index contributed by atoms with van der Waals surface area (Å²) in [5.74, 6) is 3.47. The molecule has 2 heterocycles. The highest BCUT2D eigenvalue weighted by molar-refractivity contribution is 7.99.